The van der Waals surface area contributed by atoms with E-state index in [0.717, 1.165) is 16.8 Å². The summed E-state index contributed by atoms with van der Waals surface area (Å²) in [6, 6.07) is 3.71. The average molecular weight is 292 g/mol. The molecule has 1 aromatic rings. The van der Waals surface area contributed by atoms with Crippen molar-refractivity contribution in [1.82, 2.24) is 0 Å². The lowest BCUT2D eigenvalue weighted by molar-refractivity contribution is -0.115. The van der Waals surface area contributed by atoms with E-state index in [0.29, 0.717) is 29.2 Å². The fourth-order valence-corrected chi connectivity index (χ4v) is 4.49. The highest BCUT2D eigenvalue weighted by molar-refractivity contribution is 6.32. The minimum Gasteiger partial charge on any atom is -0.388 e. The molecule has 2 N–H and O–H groups in total. The molecule has 2 aliphatic carbocycles. The fraction of sp³-hybridized carbons (Fsp3) is 0.562. The van der Waals surface area contributed by atoms with Crippen LogP contribution in [-0.2, 0) is 11.2 Å². The molecular weight excluding hydrogens is 274 g/mol. The third kappa shape index (κ3) is 1.87. The molecule has 3 unspecified atom stereocenters. The van der Waals surface area contributed by atoms with Gasteiger partial charge in [-0.1, -0.05) is 24.4 Å². The van der Waals surface area contributed by atoms with Crippen LogP contribution in [-0.4, -0.2) is 11.0 Å². The smallest absolute Gasteiger partial charge is 0.228 e. The van der Waals surface area contributed by atoms with Crippen LogP contribution in [0.4, 0.5) is 5.69 Å². The number of carbonyl (C=O) groups excluding carboxylic acids is 1. The quantitative estimate of drug-likeness (QED) is 0.878. The van der Waals surface area contributed by atoms with Gasteiger partial charge < -0.3 is 10.4 Å². The highest BCUT2D eigenvalue weighted by Crippen LogP contribution is 2.61. The molecule has 0 aromatic heterocycles. The molecule has 20 heavy (non-hydrogen) atoms. The Balaban J connectivity index is 1.62. The molecule has 3 aliphatic rings. The monoisotopic (exact) mass is 291 g/mol. The molecule has 2 fully saturated rings. The number of amides is 1. The van der Waals surface area contributed by atoms with Crippen LogP contribution in [0.3, 0.4) is 0 Å². The van der Waals surface area contributed by atoms with Gasteiger partial charge in [-0.2, -0.15) is 0 Å². The van der Waals surface area contributed by atoms with E-state index in [4.69, 9.17) is 11.6 Å². The van der Waals surface area contributed by atoms with Gasteiger partial charge in [-0.25, -0.2) is 0 Å². The zero-order chi connectivity index (χ0) is 13.9. The van der Waals surface area contributed by atoms with E-state index in [1.165, 1.54) is 25.7 Å². The van der Waals surface area contributed by atoms with Gasteiger partial charge in [0.05, 0.1) is 12.5 Å². The standard InChI is InChI=1S/C16H18ClNO2/c17-12-7-13-8(6-14(19)18-13)5-11(12)16(20)15-9-3-1-2-4-10(9)15/h5,7,9-10,15-16,20H,1-4,6H2,(H,18,19). The highest BCUT2D eigenvalue weighted by atomic mass is 35.5. The first-order chi connectivity index (χ1) is 9.65. The lowest BCUT2D eigenvalue weighted by Gasteiger charge is -2.14. The minimum atomic E-state index is -0.475. The maximum Gasteiger partial charge on any atom is 0.228 e. The van der Waals surface area contributed by atoms with Crippen LogP contribution in [0.5, 0.6) is 0 Å². The summed E-state index contributed by atoms with van der Waals surface area (Å²) in [5.74, 6) is 1.74. The number of anilines is 1. The maximum absolute atomic E-state index is 11.4. The number of aliphatic hydroxyl groups is 1. The lowest BCUT2D eigenvalue weighted by atomic mass is 9.99. The second kappa shape index (κ2) is 4.47. The third-order valence-corrected chi connectivity index (χ3v) is 5.58. The summed E-state index contributed by atoms with van der Waals surface area (Å²) in [4.78, 5) is 11.4. The number of hydrogen-bond acceptors (Lipinski definition) is 2. The Bertz CT molecular complexity index is 574. The summed E-state index contributed by atoms with van der Waals surface area (Å²) in [7, 11) is 0. The van der Waals surface area contributed by atoms with E-state index in [9.17, 15) is 9.90 Å². The van der Waals surface area contributed by atoms with Crippen molar-refractivity contribution >= 4 is 23.2 Å². The van der Waals surface area contributed by atoms with Gasteiger partial charge in [-0.3, -0.25) is 4.79 Å². The third-order valence-electron chi connectivity index (χ3n) is 5.25. The summed E-state index contributed by atoms with van der Waals surface area (Å²) < 4.78 is 0. The van der Waals surface area contributed by atoms with E-state index < -0.39 is 6.10 Å². The number of rotatable bonds is 2. The molecule has 1 heterocycles. The van der Waals surface area contributed by atoms with Crippen molar-refractivity contribution < 1.29 is 9.90 Å². The average Bonchev–Trinajstić information content (AvgIpc) is 3.04. The second-order valence-electron chi connectivity index (χ2n) is 6.39. The minimum absolute atomic E-state index is 0.00259. The van der Waals surface area contributed by atoms with Crippen molar-refractivity contribution in [3.05, 3.63) is 28.3 Å². The SMILES string of the molecule is O=C1Cc2cc(C(O)C3C4CCCCC43)c(Cl)cc2N1. The predicted octanol–water partition coefficient (Wildman–Crippen LogP) is 3.30. The van der Waals surface area contributed by atoms with Crippen LogP contribution < -0.4 is 5.32 Å². The predicted molar refractivity (Wildman–Crippen MR) is 77.7 cm³/mol. The van der Waals surface area contributed by atoms with E-state index in [-0.39, 0.29) is 5.91 Å². The van der Waals surface area contributed by atoms with E-state index in [1.807, 2.05) is 6.07 Å². The van der Waals surface area contributed by atoms with Crippen LogP contribution in [0.25, 0.3) is 0 Å². The molecule has 3 nitrogen and oxygen atoms in total. The Labute approximate surface area is 123 Å². The zero-order valence-corrected chi connectivity index (χ0v) is 12.0. The van der Waals surface area contributed by atoms with Gasteiger partial charge in [-0.15, -0.1) is 0 Å². The van der Waals surface area contributed by atoms with Crippen LogP contribution >= 0.6 is 11.6 Å². The van der Waals surface area contributed by atoms with Gasteiger partial charge in [0.1, 0.15) is 0 Å². The molecule has 4 rings (SSSR count). The number of carbonyl (C=O) groups is 1. The van der Waals surface area contributed by atoms with Gasteiger partial charge in [0, 0.05) is 10.7 Å². The molecule has 4 heteroatoms. The Hall–Kier alpha value is -1.06. The summed E-state index contributed by atoms with van der Waals surface area (Å²) in [6.07, 6.45) is 4.99. The molecule has 0 saturated heterocycles. The summed E-state index contributed by atoms with van der Waals surface area (Å²) in [5, 5.41) is 14.0. The molecule has 0 spiro atoms. The number of aliphatic hydroxyl groups excluding tert-OH is 1. The Morgan fingerprint density at radius 1 is 1.25 bits per heavy atom. The van der Waals surface area contributed by atoms with Gasteiger partial charge in [0.25, 0.3) is 0 Å². The topological polar surface area (TPSA) is 49.3 Å². The lowest BCUT2D eigenvalue weighted by Crippen LogP contribution is -2.04. The summed E-state index contributed by atoms with van der Waals surface area (Å²) >= 11 is 6.31. The molecule has 1 aliphatic heterocycles. The van der Waals surface area contributed by atoms with Crippen molar-refractivity contribution in [2.24, 2.45) is 17.8 Å². The van der Waals surface area contributed by atoms with Crippen LogP contribution in [0.2, 0.25) is 5.02 Å². The number of hydrogen-bond donors (Lipinski definition) is 2. The summed E-state index contributed by atoms with van der Waals surface area (Å²) in [6.45, 7) is 0. The van der Waals surface area contributed by atoms with Crippen molar-refractivity contribution in [3.63, 3.8) is 0 Å². The molecule has 1 aromatic carbocycles. The van der Waals surface area contributed by atoms with Gasteiger partial charge in [0.2, 0.25) is 5.91 Å². The molecule has 2 saturated carbocycles. The zero-order valence-electron chi connectivity index (χ0n) is 11.2. The van der Waals surface area contributed by atoms with Gasteiger partial charge in [-0.05, 0) is 53.9 Å². The Morgan fingerprint density at radius 2 is 1.95 bits per heavy atom. The molecule has 1 amide bonds. The van der Waals surface area contributed by atoms with Crippen LogP contribution in [0.15, 0.2) is 12.1 Å². The van der Waals surface area contributed by atoms with Crippen LogP contribution in [0, 0.1) is 17.8 Å². The molecular formula is C16H18ClNO2. The number of halogens is 1. The van der Waals surface area contributed by atoms with Gasteiger partial charge >= 0.3 is 0 Å². The molecule has 0 bridgehead atoms. The number of benzene rings is 1. The van der Waals surface area contributed by atoms with Crippen LogP contribution in [0.1, 0.15) is 42.9 Å². The Kier molecular flexibility index (Phi) is 2.83. The first-order valence-electron chi connectivity index (χ1n) is 7.45. The largest absolute Gasteiger partial charge is 0.388 e. The van der Waals surface area contributed by atoms with Crippen molar-refractivity contribution in [1.29, 1.82) is 0 Å². The highest BCUT2D eigenvalue weighted by Gasteiger charge is 2.54. The normalized spacial score (nSPS) is 32.3. The molecule has 3 atom stereocenters. The Morgan fingerprint density at radius 3 is 2.65 bits per heavy atom. The van der Waals surface area contributed by atoms with E-state index >= 15 is 0 Å². The maximum atomic E-state index is 11.4. The first kappa shape index (κ1) is 12.7. The van der Waals surface area contributed by atoms with Crippen molar-refractivity contribution in [2.75, 3.05) is 5.32 Å². The molecule has 0 radical (unpaired) electrons. The number of nitrogens with one attached hydrogen (secondary N) is 1. The fourth-order valence-electron chi connectivity index (χ4n) is 4.22. The summed E-state index contributed by atoms with van der Waals surface area (Å²) in [5.41, 5.74) is 2.56. The number of fused-ring (bicyclic) bond motifs is 2. The first-order valence-corrected chi connectivity index (χ1v) is 7.83. The van der Waals surface area contributed by atoms with Crippen molar-refractivity contribution in [3.8, 4) is 0 Å². The van der Waals surface area contributed by atoms with E-state index in [1.54, 1.807) is 6.07 Å². The van der Waals surface area contributed by atoms with Gasteiger partial charge in [0.15, 0.2) is 0 Å². The van der Waals surface area contributed by atoms with Crippen molar-refractivity contribution in [2.45, 2.75) is 38.2 Å². The molecule has 106 valence electrons. The second-order valence-corrected chi connectivity index (χ2v) is 6.80. The van der Waals surface area contributed by atoms with E-state index in [2.05, 4.69) is 5.32 Å².